The van der Waals surface area contributed by atoms with Gasteiger partial charge in [-0.2, -0.15) is 11.8 Å². The van der Waals surface area contributed by atoms with Gasteiger partial charge in [-0.05, 0) is 19.1 Å². The molecular formula is C10H18O2S. The van der Waals surface area contributed by atoms with Crippen LogP contribution in [0.25, 0.3) is 0 Å². The van der Waals surface area contributed by atoms with Crippen LogP contribution in [0.1, 0.15) is 33.1 Å². The van der Waals surface area contributed by atoms with Crippen LogP contribution in [0.4, 0.5) is 0 Å². The lowest BCUT2D eigenvalue weighted by Gasteiger charge is -2.00. The minimum atomic E-state index is -0.841. The lowest BCUT2D eigenvalue weighted by Crippen LogP contribution is -1.92. The van der Waals surface area contributed by atoms with E-state index in [-0.39, 0.29) is 0 Å². The molecule has 0 rings (SSSR count). The number of carbonyl (C=O) groups is 1. The van der Waals surface area contributed by atoms with Crippen LogP contribution in [0.15, 0.2) is 11.6 Å². The van der Waals surface area contributed by atoms with Gasteiger partial charge in [-0.1, -0.05) is 25.3 Å². The minimum Gasteiger partial charge on any atom is -0.478 e. The van der Waals surface area contributed by atoms with Crippen molar-refractivity contribution in [3.63, 3.8) is 0 Å². The lowest BCUT2D eigenvalue weighted by atomic mass is 10.3. The molecule has 0 atom stereocenters. The van der Waals surface area contributed by atoms with E-state index in [1.807, 2.05) is 18.7 Å². The topological polar surface area (TPSA) is 37.3 Å². The average Bonchev–Trinajstić information content (AvgIpc) is 2.02. The van der Waals surface area contributed by atoms with Gasteiger partial charge in [0, 0.05) is 11.8 Å². The molecule has 2 nitrogen and oxygen atoms in total. The van der Waals surface area contributed by atoms with Crippen molar-refractivity contribution in [3.8, 4) is 0 Å². The zero-order valence-corrected chi connectivity index (χ0v) is 9.19. The first kappa shape index (κ1) is 12.6. The molecule has 3 heteroatoms. The van der Waals surface area contributed by atoms with E-state index in [0.717, 1.165) is 17.1 Å². The SMILES string of the molecule is CCCCCSCC(C)=CC(=O)O. The summed E-state index contributed by atoms with van der Waals surface area (Å²) < 4.78 is 0. The first-order valence-electron chi connectivity index (χ1n) is 4.64. The Hall–Kier alpha value is -0.440. The number of carboxylic acids is 1. The van der Waals surface area contributed by atoms with Crippen molar-refractivity contribution in [2.24, 2.45) is 0 Å². The number of unbranched alkanes of at least 4 members (excludes halogenated alkanes) is 2. The van der Waals surface area contributed by atoms with E-state index >= 15 is 0 Å². The van der Waals surface area contributed by atoms with Crippen LogP contribution >= 0.6 is 11.8 Å². The highest BCUT2D eigenvalue weighted by atomic mass is 32.2. The Balaban J connectivity index is 3.37. The maximum Gasteiger partial charge on any atom is 0.328 e. The second kappa shape index (κ2) is 8.17. The predicted octanol–water partition coefficient (Wildman–Crippen LogP) is 2.94. The summed E-state index contributed by atoms with van der Waals surface area (Å²) in [5.74, 6) is 1.14. The summed E-state index contributed by atoms with van der Waals surface area (Å²) >= 11 is 1.81. The first-order chi connectivity index (χ1) is 6.16. The molecule has 1 N–H and O–H groups in total. The summed E-state index contributed by atoms with van der Waals surface area (Å²) in [6.07, 6.45) is 5.04. The molecule has 0 aliphatic carbocycles. The number of carboxylic acid groups (broad SMARTS) is 1. The Bertz CT molecular complexity index is 176. The van der Waals surface area contributed by atoms with Crippen LogP contribution in [0.5, 0.6) is 0 Å². The molecule has 0 heterocycles. The van der Waals surface area contributed by atoms with E-state index in [1.165, 1.54) is 25.3 Å². The summed E-state index contributed by atoms with van der Waals surface area (Å²) in [6.45, 7) is 4.04. The zero-order valence-electron chi connectivity index (χ0n) is 8.38. The van der Waals surface area contributed by atoms with Crippen molar-refractivity contribution in [2.75, 3.05) is 11.5 Å². The molecule has 0 aromatic heterocycles. The average molecular weight is 202 g/mol. The molecule has 13 heavy (non-hydrogen) atoms. The summed E-state index contributed by atoms with van der Waals surface area (Å²) in [6, 6.07) is 0. The highest BCUT2D eigenvalue weighted by molar-refractivity contribution is 7.99. The Morgan fingerprint density at radius 2 is 2.15 bits per heavy atom. The molecule has 0 bridgehead atoms. The standard InChI is InChI=1S/C10H18O2S/c1-3-4-5-6-13-8-9(2)7-10(11)12/h7H,3-6,8H2,1-2H3,(H,11,12). The first-order valence-corrected chi connectivity index (χ1v) is 5.80. The molecule has 0 saturated carbocycles. The second-order valence-corrected chi connectivity index (χ2v) is 4.19. The monoisotopic (exact) mass is 202 g/mol. The van der Waals surface area contributed by atoms with Gasteiger partial charge in [-0.25, -0.2) is 4.79 Å². The lowest BCUT2D eigenvalue weighted by molar-refractivity contribution is -0.131. The fourth-order valence-corrected chi connectivity index (χ4v) is 1.90. The normalized spacial score (nSPS) is 11.7. The van der Waals surface area contributed by atoms with Gasteiger partial charge >= 0.3 is 5.97 Å². The van der Waals surface area contributed by atoms with Gasteiger partial charge in [0.2, 0.25) is 0 Å². The van der Waals surface area contributed by atoms with Gasteiger partial charge in [-0.15, -0.1) is 0 Å². The van der Waals surface area contributed by atoms with Gasteiger partial charge in [0.15, 0.2) is 0 Å². The number of hydrogen-bond acceptors (Lipinski definition) is 2. The summed E-state index contributed by atoms with van der Waals surface area (Å²) in [5, 5.41) is 8.44. The van der Waals surface area contributed by atoms with Crippen LogP contribution in [-0.4, -0.2) is 22.6 Å². The van der Waals surface area contributed by atoms with Crippen LogP contribution in [0.3, 0.4) is 0 Å². The summed E-state index contributed by atoms with van der Waals surface area (Å²) in [5.41, 5.74) is 0.939. The smallest absolute Gasteiger partial charge is 0.328 e. The van der Waals surface area contributed by atoms with Crippen molar-refractivity contribution in [1.29, 1.82) is 0 Å². The number of aliphatic carboxylic acids is 1. The summed E-state index contributed by atoms with van der Waals surface area (Å²) in [4.78, 5) is 10.3. The molecule has 0 fully saturated rings. The van der Waals surface area contributed by atoms with Gasteiger partial charge in [-0.3, -0.25) is 0 Å². The van der Waals surface area contributed by atoms with Gasteiger partial charge in [0.1, 0.15) is 0 Å². The van der Waals surface area contributed by atoms with E-state index in [9.17, 15) is 4.79 Å². The third-order valence-corrected chi connectivity index (χ3v) is 2.83. The molecular weight excluding hydrogens is 184 g/mol. The van der Waals surface area contributed by atoms with Gasteiger partial charge in [0.25, 0.3) is 0 Å². The molecule has 0 aromatic rings. The molecule has 0 unspecified atom stereocenters. The molecule has 0 aliphatic heterocycles. The van der Waals surface area contributed by atoms with Gasteiger partial charge < -0.3 is 5.11 Å². The predicted molar refractivity (Wildman–Crippen MR) is 58.2 cm³/mol. The Labute approximate surface area is 84.4 Å². The van der Waals surface area contributed by atoms with E-state index in [1.54, 1.807) is 0 Å². The number of thioether (sulfide) groups is 1. The van der Waals surface area contributed by atoms with Crippen LogP contribution in [0, 0.1) is 0 Å². The Morgan fingerprint density at radius 3 is 2.69 bits per heavy atom. The molecule has 76 valence electrons. The van der Waals surface area contributed by atoms with Crippen molar-refractivity contribution >= 4 is 17.7 Å². The Kier molecular flexibility index (Phi) is 7.90. The Morgan fingerprint density at radius 1 is 1.46 bits per heavy atom. The zero-order chi connectivity index (χ0) is 10.1. The molecule has 0 aromatic carbocycles. The fraction of sp³-hybridized carbons (Fsp3) is 0.700. The quantitative estimate of drug-likeness (QED) is 0.509. The van der Waals surface area contributed by atoms with Crippen molar-refractivity contribution < 1.29 is 9.90 Å². The van der Waals surface area contributed by atoms with Crippen molar-refractivity contribution in [2.45, 2.75) is 33.1 Å². The van der Waals surface area contributed by atoms with Crippen LogP contribution < -0.4 is 0 Å². The second-order valence-electron chi connectivity index (χ2n) is 3.09. The van der Waals surface area contributed by atoms with Gasteiger partial charge in [0.05, 0.1) is 0 Å². The number of rotatable bonds is 7. The van der Waals surface area contributed by atoms with Crippen LogP contribution in [-0.2, 0) is 4.79 Å². The molecule has 0 saturated heterocycles. The molecule has 0 amide bonds. The van der Waals surface area contributed by atoms with E-state index in [4.69, 9.17) is 5.11 Å². The van der Waals surface area contributed by atoms with E-state index in [0.29, 0.717) is 0 Å². The van der Waals surface area contributed by atoms with E-state index < -0.39 is 5.97 Å². The highest BCUT2D eigenvalue weighted by Gasteiger charge is 1.94. The van der Waals surface area contributed by atoms with Crippen molar-refractivity contribution in [1.82, 2.24) is 0 Å². The maximum absolute atomic E-state index is 10.3. The number of hydrogen-bond donors (Lipinski definition) is 1. The third-order valence-electron chi connectivity index (χ3n) is 1.59. The van der Waals surface area contributed by atoms with Crippen molar-refractivity contribution in [3.05, 3.63) is 11.6 Å². The largest absolute Gasteiger partial charge is 0.478 e. The highest BCUT2D eigenvalue weighted by Crippen LogP contribution is 2.10. The summed E-state index contributed by atoms with van der Waals surface area (Å²) in [7, 11) is 0. The van der Waals surface area contributed by atoms with Crippen LogP contribution in [0.2, 0.25) is 0 Å². The third kappa shape index (κ3) is 9.47. The minimum absolute atomic E-state index is 0.841. The molecule has 0 radical (unpaired) electrons. The van der Waals surface area contributed by atoms with E-state index in [2.05, 4.69) is 6.92 Å². The molecule has 0 spiro atoms. The maximum atomic E-state index is 10.3. The molecule has 0 aliphatic rings. The fourth-order valence-electron chi connectivity index (χ4n) is 0.940.